The van der Waals surface area contributed by atoms with Crippen molar-refractivity contribution in [3.05, 3.63) is 69.4 Å². The van der Waals surface area contributed by atoms with E-state index in [-0.39, 0.29) is 13.1 Å². The number of rotatable bonds is 8. The average Bonchev–Trinajstić information content (AvgIpc) is 2.86. The highest BCUT2D eigenvalue weighted by atomic mass is 32.3. The summed E-state index contributed by atoms with van der Waals surface area (Å²) in [5.41, 5.74) is -24.8. The van der Waals surface area contributed by atoms with Crippen molar-refractivity contribution in [2.45, 2.75) is 35.1 Å². The maximum atomic E-state index is 11.4. The number of hydrogen-bond donors (Lipinski definition) is 2. The van der Waals surface area contributed by atoms with Crippen molar-refractivity contribution < 1.29 is 115 Å². The van der Waals surface area contributed by atoms with Gasteiger partial charge in [0.25, 0.3) is 0 Å². The molecule has 0 amide bonds. The number of aromatic nitrogens is 2. The minimum Gasteiger partial charge on any atom is -0.477 e. The number of carbonyl (C=O) groups is 2. The Labute approximate surface area is 271 Å². The Hall–Kier alpha value is -3.88. The van der Waals surface area contributed by atoms with Crippen LogP contribution in [0.4, 0.5) is 52.7 Å². The van der Waals surface area contributed by atoms with Gasteiger partial charge in [-0.1, -0.05) is 12.1 Å². The van der Waals surface area contributed by atoms with E-state index < -0.39 is 74.1 Å². The standard InChI is InChI=1S/2C7H7NO2.2C2F6NO4S2/c2*9-7(10)6-8-4-2-1-3-5-8;2*3-1(4,5)14(10,11)9-15(12,13)2(6,7)8/h2*1-5H,6H2;;/q;;2*-1/p+2. The lowest BCUT2D eigenvalue weighted by molar-refractivity contribution is -0.685. The normalized spacial score (nSPS) is 12.9. The highest BCUT2D eigenvalue weighted by molar-refractivity contribution is 8.13. The van der Waals surface area contributed by atoms with Crippen LogP contribution >= 0.6 is 0 Å². The minimum atomic E-state index is -6.72. The van der Waals surface area contributed by atoms with Crippen LogP contribution in [-0.2, 0) is 62.8 Å². The van der Waals surface area contributed by atoms with Crippen LogP contribution < -0.4 is 9.13 Å². The number of sulfonamides is 4. The van der Waals surface area contributed by atoms with Gasteiger partial charge in [0, 0.05) is 24.3 Å². The summed E-state index contributed by atoms with van der Waals surface area (Å²) in [7, 11) is -26.9. The third-order valence-electron chi connectivity index (χ3n) is 3.75. The molecule has 0 unspecified atom stereocenters. The number of aliphatic carboxylic acids is 2. The Balaban J connectivity index is 0. The summed E-state index contributed by atoms with van der Waals surface area (Å²) in [5, 5.41) is 16.7. The van der Waals surface area contributed by atoms with E-state index in [1.165, 1.54) is 0 Å². The van der Waals surface area contributed by atoms with Crippen LogP contribution in [0.1, 0.15) is 0 Å². The molecule has 0 aliphatic carbocycles. The van der Waals surface area contributed by atoms with Crippen molar-refractivity contribution in [1.29, 1.82) is 0 Å². The molecule has 16 nitrogen and oxygen atoms in total. The number of alkyl halides is 12. The zero-order chi connectivity index (χ0) is 40.2. The summed E-state index contributed by atoms with van der Waals surface area (Å²) in [6, 6.07) is 10.9. The predicted molar refractivity (Wildman–Crippen MR) is 135 cm³/mol. The lowest BCUT2D eigenvalue weighted by atomic mass is 10.5. The fourth-order valence-corrected chi connectivity index (χ4v) is 5.24. The number of hydrogen-bond acceptors (Lipinski definition) is 10. The van der Waals surface area contributed by atoms with Crippen LogP contribution in [0.2, 0.25) is 0 Å². The monoisotopic (exact) mass is 836 g/mol. The first-order chi connectivity index (χ1) is 22.0. The number of carboxylic acids is 2. The first-order valence-electron chi connectivity index (χ1n) is 11.0. The van der Waals surface area contributed by atoms with Crippen LogP contribution in [0.25, 0.3) is 8.25 Å². The van der Waals surface area contributed by atoms with Crippen LogP contribution in [0.3, 0.4) is 0 Å². The molecule has 2 heterocycles. The van der Waals surface area contributed by atoms with Crippen molar-refractivity contribution in [3.8, 4) is 0 Å². The molecule has 0 aliphatic rings. The van der Waals surface area contributed by atoms with Crippen LogP contribution in [-0.4, -0.2) is 77.9 Å². The van der Waals surface area contributed by atoms with E-state index in [1.807, 2.05) is 12.1 Å². The zero-order valence-corrected chi connectivity index (χ0v) is 26.4. The van der Waals surface area contributed by atoms with E-state index in [0.717, 1.165) is 8.25 Å². The molecule has 0 bridgehead atoms. The first kappa shape index (κ1) is 48.2. The summed E-state index contributed by atoms with van der Waals surface area (Å²) < 4.78 is 222. The SMILES string of the molecule is O=C(O)C[n+]1ccccc1.O=C(O)C[n+]1ccccc1.O=S(=O)([N-]S(=O)(=O)C(F)(F)F)C(F)(F)F.O=S(=O)([N-]S(=O)(=O)C(F)(F)F)C(F)(F)F. The highest BCUT2D eigenvalue weighted by Crippen LogP contribution is 2.37. The predicted octanol–water partition coefficient (Wildman–Crippen LogP) is 2.24. The molecule has 0 saturated carbocycles. The van der Waals surface area contributed by atoms with E-state index in [0.29, 0.717) is 0 Å². The lowest BCUT2D eigenvalue weighted by Crippen LogP contribution is -2.36. The highest BCUT2D eigenvalue weighted by Gasteiger charge is 2.48. The zero-order valence-electron chi connectivity index (χ0n) is 23.1. The Morgan fingerprint density at radius 2 is 0.620 bits per heavy atom. The van der Waals surface area contributed by atoms with Gasteiger partial charge in [0.15, 0.2) is 64.9 Å². The molecule has 2 N–H and O–H groups in total. The van der Waals surface area contributed by atoms with Gasteiger partial charge in [0.2, 0.25) is 13.1 Å². The van der Waals surface area contributed by atoms with Crippen LogP contribution in [0.15, 0.2) is 61.2 Å². The quantitative estimate of drug-likeness (QED) is 0.287. The Morgan fingerprint density at radius 3 is 0.760 bits per heavy atom. The largest absolute Gasteiger partial charge is 0.480 e. The molecule has 2 aromatic heterocycles. The summed E-state index contributed by atoms with van der Waals surface area (Å²) in [6.45, 7) is 0.0572. The molecule has 0 aliphatic heterocycles. The number of carboxylic acid groups (broad SMARTS) is 2. The van der Waals surface area contributed by atoms with Gasteiger partial charge in [-0.15, -0.1) is 0 Å². The van der Waals surface area contributed by atoms with Crippen molar-refractivity contribution in [2.24, 2.45) is 0 Å². The maximum absolute atomic E-state index is 11.4. The fraction of sp³-hybridized carbons (Fsp3) is 0.333. The van der Waals surface area contributed by atoms with Crippen molar-refractivity contribution in [3.63, 3.8) is 0 Å². The molecule has 0 aromatic carbocycles. The molecular formula is C18H16F12N4O12S4. The summed E-state index contributed by atoms with van der Waals surface area (Å²) in [6.07, 6.45) is 6.87. The van der Waals surface area contributed by atoms with Crippen LogP contribution in [0.5, 0.6) is 0 Å². The maximum Gasteiger partial charge on any atom is 0.480 e. The minimum absolute atomic E-state index is 0.0286. The molecule has 50 heavy (non-hydrogen) atoms. The summed E-state index contributed by atoms with van der Waals surface area (Å²) in [4.78, 5) is 20.3. The molecule has 288 valence electrons. The Morgan fingerprint density at radius 1 is 0.440 bits per heavy atom. The van der Waals surface area contributed by atoms with Crippen molar-refractivity contribution in [1.82, 2.24) is 0 Å². The molecule has 0 fully saturated rings. The van der Waals surface area contributed by atoms with E-state index in [1.54, 1.807) is 58.2 Å². The topological polar surface area (TPSA) is 247 Å². The number of pyridine rings is 2. The molecular weight excluding hydrogens is 820 g/mol. The first-order valence-corrected chi connectivity index (χ1v) is 16.8. The van der Waals surface area contributed by atoms with Crippen molar-refractivity contribution in [2.75, 3.05) is 0 Å². The van der Waals surface area contributed by atoms with Gasteiger partial charge in [-0.05, 0) is 0 Å². The summed E-state index contributed by atoms with van der Waals surface area (Å²) >= 11 is 0. The van der Waals surface area contributed by atoms with Crippen molar-refractivity contribution >= 4 is 52.0 Å². The second kappa shape index (κ2) is 17.9. The molecule has 0 atom stereocenters. The number of nitrogens with zero attached hydrogens (tertiary/aromatic N) is 4. The van der Waals surface area contributed by atoms with E-state index >= 15 is 0 Å². The fourth-order valence-electron chi connectivity index (χ4n) is 1.82. The van der Waals surface area contributed by atoms with E-state index in [2.05, 4.69) is 0 Å². The van der Waals surface area contributed by atoms with E-state index in [9.17, 15) is 95.9 Å². The molecule has 0 spiro atoms. The van der Waals surface area contributed by atoms with Crippen LogP contribution in [0, 0.1) is 0 Å². The third-order valence-corrected chi connectivity index (χ3v) is 9.23. The molecule has 32 heteroatoms. The van der Waals surface area contributed by atoms with Gasteiger partial charge in [-0.2, -0.15) is 61.8 Å². The summed E-state index contributed by atoms with van der Waals surface area (Å²) in [5.74, 6) is -1.65. The lowest BCUT2D eigenvalue weighted by Gasteiger charge is -2.22. The van der Waals surface area contributed by atoms with E-state index in [4.69, 9.17) is 10.2 Å². The van der Waals surface area contributed by atoms with Gasteiger partial charge in [0.1, 0.15) is 0 Å². The van der Waals surface area contributed by atoms with Gasteiger partial charge < -0.3 is 18.5 Å². The molecule has 2 aromatic rings. The Bertz CT molecular complexity index is 1630. The van der Waals surface area contributed by atoms with Gasteiger partial charge in [-0.3, -0.25) is 0 Å². The van der Waals surface area contributed by atoms with Gasteiger partial charge in [0.05, 0.1) is 0 Å². The molecule has 0 radical (unpaired) electrons. The smallest absolute Gasteiger partial charge is 0.477 e. The molecule has 0 saturated heterocycles. The second-order valence-electron chi connectivity index (χ2n) is 7.72. The average molecular weight is 837 g/mol. The Kier molecular flexibility index (Phi) is 17.2. The number of halogens is 12. The second-order valence-corrected chi connectivity index (χ2v) is 14.6. The molecule has 2 rings (SSSR count). The van der Waals surface area contributed by atoms with Gasteiger partial charge in [-0.25, -0.2) is 43.3 Å². The third kappa shape index (κ3) is 17.7. The van der Waals surface area contributed by atoms with Gasteiger partial charge >= 0.3 is 34.0 Å².